The quantitative estimate of drug-likeness (QED) is 0.895. The van der Waals surface area contributed by atoms with Gasteiger partial charge in [0.2, 0.25) is 0 Å². The van der Waals surface area contributed by atoms with Gasteiger partial charge in [0.15, 0.2) is 0 Å². The van der Waals surface area contributed by atoms with Crippen LogP contribution < -0.4 is 5.32 Å². The van der Waals surface area contributed by atoms with Gasteiger partial charge in [-0.3, -0.25) is 4.21 Å². The Labute approximate surface area is 104 Å². The normalized spacial score (nSPS) is 26.0. The first-order chi connectivity index (χ1) is 8.24. The summed E-state index contributed by atoms with van der Waals surface area (Å²) in [5.74, 6) is -0.354. The molecule has 2 nitrogen and oxygen atoms in total. The number of benzene rings is 1. The first-order valence-corrected chi connectivity index (χ1v) is 7.33. The number of hydrogen-bond acceptors (Lipinski definition) is 2. The third-order valence-electron chi connectivity index (χ3n) is 3.25. The maximum Gasteiger partial charge on any atom is 0.139 e. The molecule has 17 heavy (non-hydrogen) atoms. The summed E-state index contributed by atoms with van der Waals surface area (Å²) >= 11 is 0. The van der Waals surface area contributed by atoms with Crippen molar-refractivity contribution in [3.63, 3.8) is 0 Å². The molecule has 1 aromatic carbocycles. The number of rotatable bonds is 4. The van der Waals surface area contributed by atoms with Crippen LogP contribution in [0.25, 0.3) is 0 Å². The van der Waals surface area contributed by atoms with Crippen LogP contribution in [0.4, 0.5) is 4.39 Å². The minimum atomic E-state index is -1.24. The Morgan fingerprint density at radius 3 is 2.88 bits per heavy atom. The van der Waals surface area contributed by atoms with Crippen molar-refractivity contribution in [1.82, 2.24) is 5.32 Å². The van der Waals surface area contributed by atoms with Crippen molar-refractivity contribution in [3.05, 3.63) is 30.1 Å². The third kappa shape index (κ3) is 2.75. The molecule has 1 N–H and O–H groups in total. The van der Waals surface area contributed by atoms with Gasteiger partial charge in [-0.1, -0.05) is 25.5 Å². The van der Waals surface area contributed by atoms with Crippen LogP contribution in [-0.2, 0) is 10.8 Å². The molecule has 0 saturated heterocycles. The molecule has 3 unspecified atom stereocenters. The van der Waals surface area contributed by atoms with E-state index in [-0.39, 0.29) is 17.1 Å². The lowest BCUT2D eigenvalue weighted by Gasteiger charge is -2.20. The van der Waals surface area contributed by atoms with Crippen LogP contribution >= 0.6 is 0 Å². The van der Waals surface area contributed by atoms with Crippen molar-refractivity contribution >= 4 is 10.8 Å². The lowest BCUT2D eigenvalue weighted by molar-refractivity contribution is 0.537. The minimum Gasteiger partial charge on any atom is -0.313 e. The Morgan fingerprint density at radius 2 is 2.18 bits per heavy atom. The highest BCUT2D eigenvalue weighted by molar-refractivity contribution is 7.85. The van der Waals surface area contributed by atoms with E-state index in [2.05, 4.69) is 5.32 Å². The summed E-state index contributed by atoms with van der Waals surface area (Å²) in [5.41, 5.74) is 0. The average Bonchev–Trinajstić information content (AvgIpc) is 2.78. The molecule has 1 fully saturated rings. The molecular formula is C13H18FNOS. The molecule has 2 rings (SSSR count). The molecule has 0 radical (unpaired) electrons. The second-order valence-electron chi connectivity index (χ2n) is 4.36. The van der Waals surface area contributed by atoms with Crippen molar-refractivity contribution in [3.8, 4) is 0 Å². The summed E-state index contributed by atoms with van der Waals surface area (Å²) in [5, 5.41) is 3.40. The summed E-state index contributed by atoms with van der Waals surface area (Å²) in [6.07, 6.45) is 3.03. The molecule has 0 amide bonds. The second-order valence-corrected chi connectivity index (χ2v) is 6.00. The Hall–Kier alpha value is -0.740. The van der Waals surface area contributed by atoms with Gasteiger partial charge in [-0.25, -0.2) is 4.39 Å². The van der Waals surface area contributed by atoms with Crippen LogP contribution in [0.15, 0.2) is 29.2 Å². The standard InChI is InChI=1S/C13H18FNOS/c1-2-15-11-7-5-9-13(11)17(16)12-8-4-3-6-10(12)14/h3-4,6,8,11,13,15H,2,5,7,9H2,1H3. The first kappa shape index (κ1) is 12.7. The SMILES string of the molecule is CCNC1CCCC1S(=O)c1ccccc1F. The third-order valence-corrected chi connectivity index (χ3v) is 5.13. The van der Waals surface area contributed by atoms with E-state index in [0.29, 0.717) is 4.90 Å². The molecule has 0 heterocycles. The van der Waals surface area contributed by atoms with Gasteiger partial charge in [-0.2, -0.15) is 0 Å². The molecule has 0 bridgehead atoms. The van der Waals surface area contributed by atoms with E-state index in [0.717, 1.165) is 25.8 Å². The van der Waals surface area contributed by atoms with Crippen molar-refractivity contribution in [2.24, 2.45) is 0 Å². The van der Waals surface area contributed by atoms with Gasteiger partial charge < -0.3 is 5.32 Å². The summed E-state index contributed by atoms with van der Waals surface area (Å²) in [6, 6.07) is 6.65. The zero-order valence-electron chi connectivity index (χ0n) is 9.99. The largest absolute Gasteiger partial charge is 0.313 e. The number of nitrogens with one attached hydrogen (secondary N) is 1. The van der Waals surface area contributed by atoms with Crippen LogP contribution in [0.5, 0.6) is 0 Å². The number of hydrogen-bond donors (Lipinski definition) is 1. The predicted molar refractivity (Wildman–Crippen MR) is 67.9 cm³/mol. The number of halogens is 1. The van der Waals surface area contributed by atoms with Gasteiger partial charge >= 0.3 is 0 Å². The maximum absolute atomic E-state index is 13.6. The maximum atomic E-state index is 13.6. The molecule has 1 aliphatic carbocycles. The summed E-state index contributed by atoms with van der Waals surface area (Å²) < 4.78 is 26.0. The van der Waals surface area contributed by atoms with Gasteiger partial charge in [0, 0.05) is 6.04 Å². The van der Waals surface area contributed by atoms with Crippen molar-refractivity contribution < 1.29 is 8.60 Å². The highest BCUT2D eigenvalue weighted by Gasteiger charge is 2.32. The van der Waals surface area contributed by atoms with Gasteiger partial charge in [-0.15, -0.1) is 0 Å². The first-order valence-electron chi connectivity index (χ1n) is 6.12. The molecule has 0 spiro atoms. The molecule has 1 saturated carbocycles. The fourth-order valence-corrected chi connectivity index (χ4v) is 4.16. The zero-order chi connectivity index (χ0) is 12.3. The molecule has 0 aliphatic heterocycles. The molecule has 94 valence electrons. The van der Waals surface area contributed by atoms with E-state index < -0.39 is 10.8 Å². The van der Waals surface area contributed by atoms with E-state index in [1.165, 1.54) is 6.07 Å². The van der Waals surface area contributed by atoms with E-state index >= 15 is 0 Å². The highest BCUT2D eigenvalue weighted by Crippen LogP contribution is 2.28. The fraction of sp³-hybridized carbons (Fsp3) is 0.538. The van der Waals surface area contributed by atoms with Crippen molar-refractivity contribution in [2.45, 2.75) is 42.4 Å². The second kappa shape index (κ2) is 5.74. The van der Waals surface area contributed by atoms with Crippen LogP contribution in [0.1, 0.15) is 26.2 Å². The van der Waals surface area contributed by atoms with E-state index in [9.17, 15) is 8.60 Å². The molecule has 1 aliphatic rings. The fourth-order valence-electron chi connectivity index (χ4n) is 2.45. The molecular weight excluding hydrogens is 237 g/mol. The van der Waals surface area contributed by atoms with Gasteiger partial charge in [0.25, 0.3) is 0 Å². The van der Waals surface area contributed by atoms with Crippen LogP contribution in [0.2, 0.25) is 0 Å². The zero-order valence-corrected chi connectivity index (χ0v) is 10.8. The van der Waals surface area contributed by atoms with Crippen LogP contribution in [-0.4, -0.2) is 22.0 Å². The predicted octanol–water partition coefficient (Wildman–Crippen LogP) is 2.46. The van der Waals surface area contributed by atoms with Crippen LogP contribution in [0, 0.1) is 5.82 Å². The lowest BCUT2D eigenvalue weighted by Crippen LogP contribution is -2.38. The molecule has 3 atom stereocenters. The minimum absolute atomic E-state index is 0.0480. The molecule has 4 heteroatoms. The lowest BCUT2D eigenvalue weighted by atomic mass is 10.2. The Kier molecular flexibility index (Phi) is 4.29. The summed E-state index contributed by atoms with van der Waals surface area (Å²) in [7, 11) is -1.24. The molecule has 1 aromatic rings. The highest BCUT2D eigenvalue weighted by atomic mass is 32.2. The monoisotopic (exact) mass is 255 g/mol. The smallest absolute Gasteiger partial charge is 0.139 e. The van der Waals surface area contributed by atoms with Gasteiger partial charge in [0.05, 0.1) is 20.9 Å². The molecule has 0 aromatic heterocycles. The van der Waals surface area contributed by atoms with Crippen molar-refractivity contribution in [1.29, 1.82) is 0 Å². The topological polar surface area (TPSA) is 29.1 Å². The van der Waals surface area contributed by atoms with E-state index in [1.807, 2.05) is 6.92 Å². The van der Waals surface area contributed by atoms with Gasteiger partial charge in [-0.05, 0) is 31.5 Å². The Bertz CT molecular complexity index is 410. The summed E-state index contributed by atoms with van der Waals surface area (Å²) in [4.78, 5) is 0.349. The Morgan fingerprint density at radius 1 is 1.41 bits per heavy atom. The van der Waals surface area contributed by atoms with E-state index in [1.54, 1.807) is 18.2 Å². The van der Waals surface area contributed by atoms with Gasteiger partial charge in [0.1, 0.15) is 5.82 Å². The van der Waals surface area contributed by atoms with Crippen molar-refractivity contribution in [2.75, 3.05) is 6.54 Å². The summed E-state index contributed by atoms with van der Waals surface area (Å²) in [6.45, 7) is 2.91. The van der Waals surface area contributed by atoms with E-state index in [4.69, 9.17) is 0 Å². The average molecular weight is 255 g/mol. The Balaban J connectivity index is 2.17. The van der Waals surface area contributed by atoms with Crippen LogP contribution in [0.3, 0.4) is 0 Å².